The minimum Gasteiger partial charge on any atom is -0.379 e. The molecule has 1 aliphatic rings. The van der Waals surface area contributed by atoms with Gasteiger partial charge in [0.25, 0.3) is 5.91 Å². The maximum atomic E-state index is 13.2. The second kappa shape index (κ2) is 9.62. The first kappa shape index (κ1) is 24.0. The summed E-state index contributed by atoms with van der Waals surface area (Å²) in [5.41, 5.74) is 7.88. The van der Waals surface area contributed by atoms with E-state index in [1.165, 1.54) is 21.8 Å². The summed E-state index contributed by atoms with van der Waals surface area (Å²) in [6.07, 6.45) is 1.35. The van der Waals surface area contributed by atoms with E-state index in [0.29, 0.717) is 59.0 Å². The molecular formula is C21H25N7O4S2. The van der Waals surface area contributed by atoms with Gasteiger partial charge in [-0.1, -0.05) is 17.4 Å². The predicted octanol–water partition coefficient (Wildman–Crippen LogP) is 2.12. The zero-order valence-corrected chi connectivity index (χ0v) is 20.6. The number of thiazole rings is 1. The average molecular weight is 504 g/mol. The third-order valence-corrected chi connectivity index (χ3v) is 8.53. The van der Waals surface area contributed by atoms with E-state index in [9.17, 15) is 13.2 Å². The second-order valence-corrected chi connectivity index (χ2v) is 10.5. The van der Waals surface area contributed by atoms with Crippen LogP contribution in [0.4, 0.5) is 16.8 Å². The standard InChI is InChI=1S/C21H25N7O4S2/c1-12-4-5-14(10-16(12)34(30,31)28-6-8-32-9-7-28)26-20-24-11-15(19(22)29)17(27-20)18-13(2)25-21(23-3)33-18/h4-5,10-11H,6-9H2,1-3H3,(H2,22,29)(H,23,25)(H,24,26,27). The van der Waals surface area contributed by atoms with E-state index >= 15 is 0 Å². The molecule has 1 aliphatic heterocycles. The van der Waals surface area contributed by atoms with Crippen molar-refractivity contribution in [1.82, 2.24) is 19.3 Å². The van der Waals surface area contributed by atoms with Crippen LogP contribution in [0.1, 0.15) is 21.6 Å². The van der Waals surface area contributed by atoms with Gasteiger partial charge in [-0.05, 0) is 31.5 Å². The average Bonchev–Trinajstić information content (AvgIpc) is 3.21. The first-order valence-electron chi connectivity index (χ1n) is 10.5. The molecule has 3 aromatic rings. The van der Waals surface area contributed by atoms with Gasteiger partial charge in [-0.3, -0.25) is 4.79 Å². The molecule has 11 nitrogen and oxygen atoms in total. The molecule has 1 saturated heterocycles. The van der Waals surface area contributed by atoms with Gasteiger partial charge in [0, 0.05) is 32.0 Å². The molecule has 1 fully saturated rings. The maximum absolute atomic E-state index is 13.2. The summed E-state index contributed by atoms with van der Waals surface area (Å²) in [6.45, 7) is 4.91. The summed E-state index contributed by atoms with van der Waals surface area (Å²) >= 11 is 1.34. The first-order chi connectivity index (χ1) is 16.2. The number of aromatic nitrogens is 3. The van der Waals surface area contributed by atoms with E-state index in [-0.39, 0.29) is 16.4 Å². The van der Waals surface area contributed by atoms with Gasteiger partial charge in [0.1, 0.15) is 5.69 Å². The SMILES string of the molecule is CNc1nc(C)c(-c2nc(Nc3ccc(C)c(S(=O)(=O)N4CCOCC4)c3)ncc2C(N)=O)s1. The van der Waals surface area contributed by atoms with Crippen LogP contribution in [0.3, 0.4) is 0 Å². The quantitative estimate of drug-likeness (QED) is 0.440. The molecule has 180 valence electrons. The summed E-state index contributed by atoms with van der Waals surface area (Å²) < 4.78 is 33.1. The van der Waals surface area contributed by atoms with Crippen LogP contribution in [0.15, 0.2) is 29.3 Å². The van der Waals surface area contributed by atoms with Gasteiger partial charge in [0.05, 0.1) is 34.2 Å². The van der Waals surface area contributed by atoms with Gasteiger partial charge in [0.15, 0.2) is 5.13 Å². The van der Waals surface area contributed by atoms with Crippen molar-refractivity contribution in [3.05, 3.63) is 41.2 Å². The van der Waals surface area contributed by atoms with Crippen molar-refractivity contribution in [2.24, 2.45) is 5.73 Å². The van der Waals surface area contributed by atoms with Crippen LogP contribution in [-0.2, 0) is 14.8 Å². The molecule has 34 heavy (non-hydrogen) atoms. The van der Waals surface area contributed by atoms with Crippen molar-refractivity contribution in [2.75, 3.05) is 44.0 Å². The Labute approximate surface area is 201 Å². The lowest BCUT2D eigenvalue weighted by Gasteiger charge is -2.26. The minimum absolute atomic E-state index is 0.166. The number of carbonyl (C=O) groups excluding carboxylic acids is 1. The highest BCUT2D eigenvalue weighted by atomic mass is 32.2. The second-order valence-electron chi connectivity index (χ2n) is 7.63. The van der Waals surface area contributed by atoms with Crippen LogP contribution in [0.2, 0.25) is 0 Å². The molecule has 0 spiro atoms. The number of ether oxygens (including phenoxy) is 1. The fourth-order valence-electron chi connectivity index (χ4n) is 3.53. The zero-order chi connectivity index (χ0) is 24.5. The van der Waals surface area contributed by atoms with Crippen molar-refractivity contribution in [2.45, 2.75) is 18.7 Å². The molecule has 0 unspecified atom stereocenters. The lowest BCUT2D eigenvalue weighted by Crippen LogP contribution is -2.40. The molecule has 0 saturated carbocycles. The van der Waals surface area contributed by atoms with Gasteiger partial charge in [-0.25, -0.2) is 23.4 Å². The molecule has 2 aromatic heterocycles. The third-order valence-electron chi connectivity index (χ3n) is 5.31. The number of sulfonamides is 1. The van der Waals surface area contributed by atoms with Crippen molar-refractivity contribution >= 4 is 44.0 Å². The highest BCUT2D eigenvalue weighted by Gasteiger charge is 2.28. The smallest absolute Gasteiger partial charge is 0.252 e. The van der Waals surface area contributed by atoms with Crippen LogP contribution >= 0.6 is 11.3 Å². The molecule has 0 atom stereocenters. The predicted molar refractivity (Wildman–Crippen MR) is 130 cm³/mol. The zero-order valence-electron chi connectivity index (χ0n) is 19.0. The van der Waals surface area contributed by atoms with Gasteiger partial charge in [0.2, 0.25) is 16.0 Å². The van der Waals surface area contributed by atoms with Crippen molar-refractivity contribution in [1.29, 1.82) is 0 Å². The minimum atomic E-state index is -3.68. The molecular weight excluding hydrogens is 478 g/mol. The van der Waals surface area contributed by atoms with Crippen LogP contribution in [-0.4, -0.2) is 66.9 Å². The Morgan fingerprint density at radius 1 is 1.21 bits per heavy atom. The van der Waals surface area contributed by atoms with E-state index < -0.39 is 15.9 Å². The molecule has 3 heterocycles. The number of aryl methyl sites for hydroxylation is 2. The number of nitrogens with two attached hydrogens (primary N) is 1. The lowest BCUT2D eigenvalue weighted by molar-refractivity contribution is 0.0730. The summed E-state index contributed by atoms with van der Waals surface area (Å²) in [5, 5.41) is 6.70. The number of carbonyl (C=O) groups is 1. The van der Waals surface area contributed by atoms with Crippen molar-refractivity contribution in [3.8, 4) is 10.6 Å². The Morgan fingerprint density at radius 3 is 2.59 bits per heavy atom. The van der Waals surface area contributed by atoms with E-state index in [1.54, 1.807) is 32.2 Å². The summed E-state index contributed by atoms with van der Waals surface area (Å²) in [5.74, 6) is -0.466. The van der Waals surface area contributed by atoms with E-state index in [2.05, 4.69) is 25.6 Å². The first-order valence-corrected chi connectivity index (χ1v) is 12.7. The molecule has 0 bridgehead atoms. The summed E-state index contributed by atoms with van der Waals surface area (Å²) in [6, 6.07) is 5.03. The monoisotopic (exact) mass is 503 g/mol. The maximum Gasteiger partial charge on any atom is 0.252 e. The van der Waals surface area contributed by atoms with Gasteiger partial charge in [-0.15, -0.1) is 0 Å². The number of nitrogens with one attached hydrogen (secondary N) is 2. The van der Waals surface area contributed by atoms with E-state index in [0.717, 1.165) is 0 Å². The fourth-order valence-corrected chi connectivity index (χ4v) is 6.11. The Balaban J connectivity index is 1.70. The molecule has 4 N–H and O–H groups in total. The highest BCUT2D eigenvalue weighted by Crippen LogP contribution is 2.34. The number of hydrogen-bond acceptors (Lipinski definition) is 10. The topological polar surface area (TPSA) is 152 Å². The number of rotatable bonds is 7. The Bertz CT molecular complexity index is 1330. The van der Waals surface area contributed by atoms with Gasteiger partial charge >= 0.3 is 0 Å². The number of primary amides is 1. The molecule has 1 amide bonds. The Morgan fingerprint density at radius 2 is 1.94 bits per heavy atom. The van der Waals surface area contributed by atoms with Gasteiger partial charge < -0.3 is 21.1 Å². The number of morpholine rings is 1. The number of hydrogen-bond donors (Lipinski definition) is 3. The lowest BCUT2D eigenvalue weighted by atomic mass is 10.1. The Hall–Kier alpha value is -3.13. The highest BCUT2D eigenvalue weighted by molar-refractivity contribution is 7.89. The third kappa shape index (κ3) is 4.73. The molecule has 13 heteroatoms. The number of nitrogens with zero attached hydrogens (tertiary/aromatic N) is 4. The molecule has 1 aromatic carbocycles. The normalized spacial score (nSPS) is 14.7. The largest absolute Gasteiger partial charge is 0.379 e. The number of anilines is 3. The van der Waals surface area contributed by atoms with Crippen molar-refractivity contribution in [3.63, 3.8) is 0 Å². The molecule has 0 aliphatic carbocycles. The van der Waals surface area contributed by atoms with Crippen LogP contribution in [0.5, 0.6) is 0 Å². The van der Waals surface area contributed by atoms with Crippen LogP contribution in [0.25, 0.3) is 10.6 Å². The van der Waals surface area contributed by atoms with Gasteiger partial charge in [-0.2, -0.15) is 4.31 Å². The van der Waals surface area contributed by atoms with Crippen molar-refractivity contribution < 1.29 is 17.9 Å². The van der Waals surface area contributed by atoms with Crippen LogP contribution < -0.4 is 16.4 Å². The number of amides is 1. The molecule has 4 rings (SSSR count). The summed E-state index contributed by atoms with van der Waals surface area (Å²) in [7, 11) is -1.93. The fraction of sp³-hybridized carbons (Fsp3) is 0.333. The number of benzene rings is 1. The summed E-state index contributed by atoms with van der Waals surface area (Å²) in [4.78, 5) is 26.0. The Kier molecular flexibility index (Phi) is 6.79. The van der Waals surface area contributed by atoms with E-state index in [1.807, 2.05) is 6.92 Å². The molecule has 0 radical (unpaired) electrons. The van der Waals surface area contributed by atoms with E-state index in [4.69, 9.17) is 10.5 Å². The van der Waals surface area contributed by atoms with Crippen LogP contribution in [0, 0.1) is 13.8 Å².